The summed E-state index contributed by atoms with van der Waals surface area (Å²) < 4.78 is 50.5. The first-order valence-electron chi connectivity index (χ1n) is 15.1. The number of carbonyl (C=O) groups excluding carboxylic acids is 2. The molecule has 0 radical (unpaired) electrons. The monoisotopic (exact) mass is 633 g/mol. The maximum Gasteiger partial charge on any atom is 0.410 e. The van der Waals surface area contributed by atoms with E-state index in [-0.39, 0.29) is 49.5 Å². The Hall–Kier alpha value is -1.75. The van der Waals surface area contributed by atoms with Crippen LogP contribution in [0.5, 0.6) is 0 Å². The van der Waals surface area contributed by atoms with Crippen LogP contribution in [0.4, 0.5) is 18.0 Å². The van der Waals surface area contributed by atoms with Crippen molar-refractivity contribution in [2.75, 3.05) is 46.4 Å². The van der Waals surface area contributed by atoms with Crippen molar-refractivity contribution in [3.63, 3.8) is 0 Å². The van der Waals surface area contributed by atoms with Crippen molar-refractivity contribution in [1.29, 1.82) is 0 Å². The van der Waals surface area contributed by atoms with Crippen LogP contribution in [0, 0.1) is 11.8 Å². The van der Waals surface area contributed by atoms with Gasteiger partial charge in [0.25, 0.3) is 0 Å². The van der Waals surface area contributed by atoms with Crippen LogP contribution in [0.3, 0.4) is 0 Å². The Morgan fingerprint density at radius 1 is 0.952 bits per heavy atom. The van der Waals surface area contributed by atoms with Crippen LogP contribution in [0.1, 0.15) is 62.8 Å². The summed E-state index contributed by atoms with van der Waals surface area (Å²) in [5.41, 5.74) is 0.865. The summed E-state index contributed by atoms with van der Waals surface area (Å²) in [7, 11) is 1.64. The number of hydrogen-bond acceptors (Lipinski definition) is 5. The van der Waals surface area contributed by atoms with E-state index < -0.39 is 24.3 Å². The largest absolute Gasteiger partial charge is 0.446 e. The van der Waals surface area contributed by atoms with E-state index in [4.69, 9.17) is 32.7 Å². The van der Waals surface area contributed by atoms with E-state index in [0.717, 1.165) is 57.6 Å². The average molecular weight is 635 g/mol. The second-order valence-corrected chi connectivity index (χ2v) is 13.1. The highest BCUT2D eigenvalue weighted by atomic mass is 35.5. The van der Waals surface area contributed by atoms with Gasteiger partial charge in [-0.05, 0) is 82.2 Å². The second kappa shape index (κ2) is 13.5. The number of likely N-dealkylation sites (N-methyl/N-ethyl adjacent to an activating group) is 1. The number of benzene rings is 1. The number of likely N-dealkylation sites (tertiary alicyclic amines) is 2. The molecule has 42 heavy (non-hydrogen) atoms. The van der Waals surface area contributed by atoms with Crippen molar-refractivity contribution in [2.45, 2.75) is 81.6 Å². The van der Waals surface area contributed by atoms with Gasteiger partial charge in [-0.25, -0.2) is 4.79 Å². The van der Waals surface area contributed by atoms with Crippen LogP contribution >= 0.6 is 23.2 Å². The molecule has 2 atom stereocenters. The lowest BCUT2D eigenvalue weighted by Gasteiger charge is -2.39. The zero-order valence-corrected chi connectivity index (χ0v) is 25.5. The van der Waals surface area contributed by atoms with Crippen LogP contribution < -0.4 is 0 Å². The van der Waals surface area contributed by atoms with Crippen LogP contribution in [0.2, 0.25) is 10.0 Å². The molecule has 0 spiro atoms. The molecule has 0 N–H and O–H groups in total. The number of nitrogens with zero attached hydrogens (tertiary/aromatic N) is 3. The number of alkyl halides is 3. The van der Waals surface area contributed by atoms with Gasteiger partial charge in [-0.15, -0.1) is 0 Å². The molecule has 0 bridgehead atoms. The molecule has 1 saturated carbocycles. The summed E-state index contributed by atoms with van der Waals surface area (Å²) in [6, 6.07) is 5.49. The summed E-state index contributed by atoms with van der Waals surface area (Å²) in [5, 5.41) is 0.811. The van der Waals surface area contributed by atoms with E-state index in [1.165, 1.54) is 4.90 Å². The molecule has 1 aromatic rings. The minimum absolute atomic E-state index is 0.0455. The van der Waals surface area contributed by atoms with Gasteiger partial charge in [0.1, 0.15) is 6.10 Å². The fourth-order valence-electron chi connectivity index (χ4n) is 7.12. The summed E-state index contributed by atoms with van der Waals surface area (Å²) in [6.45, 7) is 4.13. The molecule has 3 heterocycles. The van der Waals surface area contributed by atoms with Gasteiger partial charge in [0.05, 0.1) is 22.0 Å². The first kappa shape index (κ1) is 31.7. The summed E-state index contributed by atoms with van der Waals surface area (Å²) in [5.74, 6) is -1.54. The van der Waals surface area contributed by atoms with Gasteiger partial charge in [-0.3, -0.25) is 4.79 Å². The second-order valence-electron chi connectivity index (χ2n) is 12.3. The van der Waals surface area contributed by atoms with Crippen LogP contribution in [-0.2, 0) is 14.3 Å². The molecule has 1 aliphatic carbocycles. The molecule has 0 aromatic heterocycles. The number of rotatable bonds is 5. The molecule has 3 saturated heterocycles. The fourth-order valence-corrected chi connectivity index (χ4v) is 7.43. The van der Waals surface area contributed by atoms with Gasteiger partial charge in [-0.2, -0.15) is 13.2 Å². The van der Waals surface area contributed by atoms with Crippen molar-refractivity contribution >= 4 is 35.2 Å². The van der Waals surface area contributed by atoms with Gasteiger partial charge in [0, 0.05) is 51.2 Å². The Balaban J connectivity index is 1.24. The van der Waals surface area contributed by atoms with Crippen LogP contribution in [0.25, 0.3) is 0 Å². The highest BCUT2D eigenvalue weighted by Gasteiger charge is 2.45. The van der Waals surface area contributed by atoms with Crippen molar-refractivity contribution in [3.8, 4) is 0 Å². The number of halogens is 5. The maximum absolute atomic E-state index is 13.8. The molecule has 4 aliphatic rings. The predicted octanol–water partition coefficient (Wildman–Crippen LogP) is 6.37. The van der Waals surface area contributed by atoms with Crippen molar-refractivity contribution in [3.05, 3.63) is 33.8 Å². The molecular formula is C30H40Cl2F3N3O4. The van der Waals surface area contributed by atoms with E-state index in [1.54, 1.807) is 19.2 Å². The summed E-state index contributed by atoms with van der Waals surface area (Å²) in [4.78, 5) is 32.9. The van der Waals surface area contributed by atoms with E-state index >= 15 is 0 Å². The Morgan fingerprint density at radius 3 is 2.24 bits per heavy atom. The number of ether oxygens (including phenoxy) is 2. The SMILES string of the molecule is CN(C(=O)OC1CCC(C(F)(F)F)CC1)[C@@H]1CN(C(=O)C2CCN(C3CCOCC3)CC2)C[C@H]1c1ccc(Cl)c(Cl)c1. The Bertz CT molecular complexity index is 1100. The normalized spacial score (nSPS) is 28.6. The van der Waals surface area contributed by atoms with Gasteiger partial charge >= 0.3 is 12.3 Å². The van der Waals surface area contributed by atoms with Crippen LogP contribution in [-0.4, -0.2) is 97.5 Å². The minimum Gasteiger partial charge on any atom is -0.446 e. The summed E-state index contributed by atoms with van der Waals surface area (Å²) >= 11 is 12.5. The van der Waals surface area contributed by atoms with Gasteiger partial charge in [-0.1, -0.05) is 29.3 Å². The first-order valence-corrected chi connectivity index (χ1v) is 15.8. The van der Waals surface area contributed by atoms with Crippen LogP contribution in [0.15, 0.2) is 18.2 Å². The molecule has 0 unspecified atom stereocenters. The zero-order chi connectivity index (χ0) is 30.0. The summed E-state index contributed by atoms with van der Waals surface area (Å²) in [6.07, 6.45) is -1.42. The van der Waals surface area contributed by atoms with Gasteiger partial charge < -0.3 is 24.2 Å². The molecule has 5 rings (SSSR count). The Kier molecular flexibility index (Phi) is 10.2. The number of amides is 2. The smallest absolute Gasteiger partial charge is 0.410 e. The van der Waals surface area contributed by atoms with Gasteiger partial charge in [0.2, 0.25) is 5.91 Å². The number of piperidine rings is 1. The zero-order valence-electron chi connectivity index (χ0n) is 24.0. The lowest BCUT2D eigenvalue weighted by atomic mass is 9.87. The third-order valence-corrected chi connectivity index (χ3v) is 10.5. The number of hydrogen-bond donors (Lipinski definition) is 0. The lowest BCUT2D eigenvalue weighted by Crippen LogP contribution is -2.47. The third-order valence-electron chi connectivity index (χ3n) is 9.75. The number of carbonyl (C=O) groups is 2. The molecule has 234 valence electrons. The molecule has 1 aromatic carbocycles. The van der Waals surface area contributed by atoms with E-state index in [9.17, 15) is 22.8 Å². The van der Waals surface area contributed by atoms with Crippen molar-refractivity contribution in [1.82, 2.24) is 14.7 Å². The topological polar surface area (TPSA) is 62.3 Å². The quantitative estimate of drug-likeness (QED) is 0.377. The molecule has 12 heteroatoms. The predicted molar refractivity (Wildman–Crippen MR) is 154 cm³/mol. The average Bonchev–Trinajstić information content (AvgIpc) is 3.43. The highest BCUT2D eigenvalue weighted by molar-refractivity contribution is 6.42. The Morgan fingerprint density at radius 2 is 1.62 bits per heavy atom. The van der Waals surface area contributed by atoms with Crippen molar-refractivity contribution in [2.24, 2.45) is 11.8 Å². The van der Waals surface area contributed by atoms with E-state index in [1.807, 2.05) is 11.0 Å². The molecule has 4 fully saturated rings. The standard InChI is InChI=1S/C30H40Cl2F3N3O4/c1-36(29(40)42-23-5-3-21(4-6-23)30(33,34)35)27-18-38(17-24(27)20-2-7-25(31)26(32)16-20)28(39)19-8-12-37(13-9-19)22-10-14-41-15-11-22/h2,7,16,19,21-24,27H,3-6,8-15,17-18H2,1H3/t21?,23?,24-,27+/m0/s1. The molecule has 2 amide bonds. The Labute approximate surface area is 255 Å². The van der Waals surface area contributed by atoms with Crippen molar-refractivity contribution < 1.29 is 32.2 Å². The fraction of sp³-hybridized carbons (Fsp3) is 0.733. The highest BCUT2D eigenvalue weighted by Crippen LogP contribution is 2.39. The van der Waals surface area contributed by atoms with E-state index in [2.05, 4.69) is 4.90 Å². The molecule has 7 nitrogen and oxygen atoms in total. The molecule has 3 aliphatic heterocycles. The first-order chi connectivity index (χ1) is 20.0. The maximum atomic E-state index is 13.8. The van der Waals surface area contributed by atoms with E-state index in [0.29, 0.717) is 29.2 Å². The minimum atomic E-state index is -4.22. The third kappa shape index (κ3) is 7.30. The van der Waals surface area contributed by atoms with Gasteiger partial charge in [0.15, 0.2) is 0 Å². The molecular weight excluding hydrogens is 594 g/mol. The lowest BCUT2D eigenvalue weighted by molar-refractivity contribution is -0.186.